The second-order valence-corrected chi connectivity index (χ2v) is 5.79. The van der Waals surface area contributed by atoms with Crippen LogP contribution in [0.5, 0.6) is 0 Å². The van der Waals surface area contributed by atoms with Crippen molar-refractivity contribution in [3.8, 4) is 0 Å². The molecule has 1 aromatic carbocycles. The SMILES string of the molecule is CCOC(=O)c1ccc(NCCCCc2cccs2)cc1. The molecular formula is C17H21NO2S. The predicted octanol–water partition coefficient (Wildman–Crippen LogP) is 4.36. The number of anilines is 1. The summed E-state index contributed by atoms with van der Waals surface area (Å²) in [5.74, 6) is -0.264. The molecule has 0 aliphatic rings. The fourth-order valence-electron chi connectivity index (χ4n) is 2.05. The highest BCUT2D eigenvalue weighted by Crippen LogP contribution is 2.13. The van der Waals surface area contributed by atoms with Crippen LogP contribution in [0.1, 0.15) is 35.0 Å². The Morgan fingerprint density at radius 1 is 1.19 bits per heavy atom. The molecule has 0 fully saturated rings. The molecule has 1 N–H and O–H groups in total. The summed E-state index contributed by atoms with van der Waals surface area (Å²) in [4.78, 5) is 13.0. The number of hydrogen-bond donors (Lipinski definition) is 1. The van der Waals surface area contributed by atoms with Gasteiger partial charge < -0.3 is 10.1 Å². The highest BCUT2D eigenvalue weighted by atomic mass is 32.1. The van der Waals surface area contributed by atoms with Gasteiger partial charge in [-0.2, -0.15) is 0 Å². The maximum absolute atomic E-state index is 11.5. The summed E-state index contributed by atoms with van der Waals surface area (Å²) in [7, 11) is 0. The minimum Gasteiger partial charge on any atom is -0.462 e. The van der Waals surface area contributed by atoms with Gasteiger partial charge in [0.1, 0.15) is 0 Å². The highest BCUT2D eigenvalue weighted by molar-refractivity contribution is 7.09. The first-order valence-corrected chi connectivity index (χ1v) is 8.21. The van der Waals surface area contributed by atoms with Crippen LogP contribution in [0.3, 0.4) is 0 Å². The Bertz CT molecular complexity index is 534. The third-order valence-corrected chi connectivity index (χ3v) is 4.09. The number of carbonyl (C=O) groups excluding carboxylic acids is 1. The third kappa shape index (κ3) is 5.23. The molecule has 0 atom stereocenters. The van der Waals surface area contributed by atoms with Crippen LogP contribution in [0.2, 0.25) is 0 Å². The first-order valence-electron chi connectivity index (χ1n) is 7.33. The van der Waals surface area contributed by atoms with E-state index in [1.165, 1.54) is 11.3 Å². The van der Waals surface area contributed by atoms with Gasteiger partial charge in [-0.3, -0.25) is 0 Å². The van der Waals surface area contributed by atoms with Crippen LogP contribution in [0.4, 0.5) is 5.69 Å². The summed E-state index contributed by atoms with van der Waals surface area (Å²) in [6.07, 6.45) is 3.48. The van der Waals surface area contributed by atoms with E-state index in [1.807, 2.05) is 30.4 Å². The van der Waals surface area contributed by atoms with Crippen molar-refractivity contribution in [1.82, 2.24) is 0 Å². The number of hydrogen-bond acceptors (Lipinski definition) is 4. The molecule has 0 radical (unpaired) electrons. The van der Waals surface area contributed by atoms with Gasteiger partial charge in [0.25, 0.3) is 0 Å². The van der Waals surface area contributed by atoms with Crippen LogP contribution >= 0.6 is 11.3 Å². The second-order valence-electron chi connectivity index (χ2n) is 4.76. The van der Waals surface area contributed by atoms with Gasteiger partial charge in [0.05, 0.1) is 12.2 Å². The van der Waals surface area contributed by atoms with Crippen molar-refractivity contribution in [2.75, 3.05) is 18.5 Å². The lowest BCUT2D eigenvalue weighted by Gasteiger charge is -2.07. The smallest absolute Gasteiger partial charge is 0.338 e. The minimum absolute atomic E-state index is 0.264. The summed E-state index contributed by atoms with van der Waals surface area (Å²) >= 11 is 1.82. The summed E-state index contributed by atoms with van der Waals surface area (Å²) < 4.78 is 4.96. The van der Waals surface area contributed by atoms with E-state index in [0.29, 0.717) is 12.2 Å². The molecule has 112 valence electrons. The summed E-state index contributed by atoms with van der Waals surface area (Å²) in [6, 6.07) is 11.7. The predicted molar refractivity (Wildman–Crippen MR) is 88.1 cm³/mol. The van der Waals surface area contributed by atoms with Crippen LogP contribution in [0.15, 0.2) is 41.8 Å². The van der Waals surface area contributed by atoms with Crippen molar-refractivity contribution < 1.29 is 9.53 Å². The molecule has 0 aliphatic carbocycles. The quantitative estimate of drug-likeness (QED) is 0.581. The number of carbonyl (C=O) groups is 1. The molecule has 0 amide bonds. The Morgan fingerprint density at radius 3 is 2.67 bits per heavy atom. The number of aryl methyl sites for hydroxylation is 1. The van der Waals surface area contributed by atoms with Gasteiger partial charge in [-0.15, -0.1) is 11.3 Å². The largest absolute Gasteiger partial charge is 0.462 e. The zero-order valence-electron chi connectivity index (χ0n) is 12.3. The lowest BCUT2D eigenvalue weighted by molar-refractivity contribution is 0.0526. The molecule has 0 aliphatic heterocycles. The maximum Gasteiger partial charge on any atom is 0.338 e. The molecule has 0 spiro atoms. The Kier molecular flexibility index (Phi) is 6.28. The summed E-state index contributed by atoms with van der Waals surface area (Å²) in [6.45, 7) is 3.16. The lowest BCUT2D eigenvalue weighted by atomic mass is 10.2. The van der Waals surface area contributed by atoms with E-state index in [9.17, 15) is 4.79 Å². The van der Waals surface area contributed by atoms with Gasteiger partial charge >= 0.3 is 5.97 Å². The normalized spacial score (nSPS) is 10.3. The van der Waals surface area contributed by atoms with Crippen molar-refractivity contribution in [3.63, 3.8) is 0 Å². The zero-order valence-corrected chi connectivity index (χ0v) is 13.1. The van der Waals surface area contributed by atoms with E-state index in [0.717, 1.165) is 25.1 Å². The number of nitrogens with one attached hydrogen (secondary N) is 1. The van der Waals surface area contributed by atoms with Gasteiger partial charge in [-0.25, -0.2) is 4.79 Å². The van der Waals surface area contributed by atoms with Gasteiger partial charge in [-0.05, 0) is 61.9 Å². The van der Waals surface area contributed by atoms with Gasteiger partial charge in [0.2, 0.25) is 0 Å². The first-order chi connectivity index (χ1) is 10.3. The summed E-state index contributed by atoms with van der Waals surface area (Å²) in [5, 5.41) is 5.50. The molecule has 4 heteroatoms. The van der Waals surface area contributed by atoms with E-state index >= 15 is 0 Å². The molecule has 0 bridgehead atoms. The number of thiophene rings is 1. The van der Waals surface area contributed by atoms with Gasteiger partial charge in [0, 0.05) is 17.1 Å². The molecule has 2 aromatic rings. The van der Waals surface area contributed by atoms with Crippen LogP contribution in [0, 0.1) is 0 Å². The van der Waals surface area contributed by atoms with Crippen molar-refractivity contribution in [2.24, 2.45) is 0 Å². The average molecular weight is 303 g/mol. The Labute approximate surface area is 130 Å². The monoisotopic (exact) mass is 303 g/mol. The average Bonchev–Trinajstić information content (AvgIpc) is 3.01. The standard InChI is InChI=1S/C17H21NO2S/c1-2-20-17(19)14-8-10-15(11-9-14)18-12-4-3-6-16-7-5-13-21-16/h5,7-11,13,18H,2-4,6,12H2,1H3. The number of ether oxygens (including phenoxy) is 1. The number of rotatable bonds is 8. The molecular weight excluding hydrogens is 282 g/mol. The van der Waals surface area contributed by atoms with E-state index in [-0.39, 0.29) is 5.97 Å². The molecule has 0 unspecified atom stereocenters. The lowest BCUT2D eigenvalue weighted by Crippen LogP contribution is -2.05. The molecule has 1 heterocycles. The minimum atomic E-state index is -0.264. The molecule has 0 saturated heterocycles. The molecule has 3 nitrogen and oxygen atoms in total. The fourth-order valence-corrected chi connectivity index (χ4v) is 2.80. The fraction of sp³-hybridized carbons (Fsp3) is 0.353. The van der Waals surface area contributed by atoms with Crippen LogP contribution in [-0.2, 0) is 11.2 Å². The van der Waals surface area contributed by atoms with Crippen molar-refractivity contribution in [2.45, 2.75) is 26.2 Å². The number of unbranched alkanes of at least 4 members (excludes halogenated alkanes) is 1. The number of benzene rings is 1. The van der Waals surface area contributed by atoms with Crippen molar-refractivity contribution >= 4 is 23.0 Å². The van der Waals surface area contributed by atoms with E-state index in [2.05, 4.69) is 22.8 Å². The third-order valence-electron chi connectivity index (χ3n) is 3.16. The first kappa shape index (κ1) is 15.6. The molecule has 21 heavy (non-hydrogen) atoms. The Morgan fingerprint density at radius 2 is 2.00 bits per heavy atom. The van der Waals surface area contributed by atoms with Crippen LogP contribution in [0.25, 0.3) is 0 Å². The summed E-state index contributed by atoms with van der Waals surface area (Å²) in [5.41, 5.74) is 1.64. The van der Waals surface area contributed by atoms with E-state index in [1.54, 1.807) is 12.1 Å². The van der Waals surface area contributed by atoms with Gasteiger partial charge in [-0.1, -0.05) is 6.07 Å². The van der Waals surface area contributed by atoms with Crippen molar-refractivity contribution in [1.29, 1.82) is 0 Å². The topological polar surface area (TPSA) is 38.3 Å². The molecule has 1 aromatic heterocycles. The van der Waals surface area contributed by atoms with E-state index < -0.39 is 0 Å². The molecule has 0 saturated carbocycles. The van der Waals surface area contributed by atoms with Crippen LogP contribution < -0.4 is 5.32 Å². The van der Waals surface area contributed by atoms with Crippen molar-refractivity contribution in [3.05, 3.63) is 52.2 Å². The Hall–Kier alpha value is -1.81. The highest BCUT2D eigenvalue weighted by Gasteiger charge is 2.05. The number of esters is 1. The Balaban J connectivity index is 1.67. The second kappa shape index (κ2) is 8.47. The van der Waals surface area contributed by atoms with E-state index in [4.69, 9.17) is 4.74 Å². The van der Waals surface area contributed by atoms with Gasteiger partial charge in [0.15, 0.2) is 0 Å². The zero-order chi connectivity index (χ0) is 14.9. The van der Waals surface area contributed by atoms with Crippen LogP contribution in [-0.4, -0.2) is 19.1 Å². The maximum atomic E-state index is 11.5. The molecule has 2 rings (SSSR count).